The van der Waals surface area contributed by atoms with Gasteiger partial charge in [-0.3, -0.25) is 18.6 Å². The molecule has 1 aromatic rings. The van der Waals surface area contributed by atoms with Crippen LogP contribution in [0.1, 0.15) is 58.4 Å². The van der Waals surface area contributed by atoms with Gasteiger partial charge in [0.1, 0.15) is 12.4 Å². The van der Waals surface area contributed by atoms with Crippen LogP contribution in [0.3, 0.4) is 0 Å². The van der Waals surface area contributed by atoms with Gasteiger partial charge in [0, 0.05) is 23.2 Å². The SMILES string of the molecule is CCOC(=O)O[C@]1(C(=O)COS(=O)(=O)c2ccc(C)cc2)CC[C@H]2[C@@H]3CCC4=CC(=O)C=C[C@]4(C)[C@H]3C(=O)C[C@@]21C. The van der Waals surface area contributed by atoms with Crippen molar-refractivity contribution in [2.75, 3.05) is 13.2 Å². The van der Waals surface area contributed by atoms with Crippen LogP contribution in [0, 0.1) is 35.5 Å². The average molecular weight is 585 g/mol. The van der Waals surface area contributed by atoms with E-state index in [0.717, 1.165) is 11.1 Å². The topological polar surface area (TPSA) is 130 Å². The lowest BCUT2D eigenvalue weighted by Crippen LogP contribution is -2.62. The van der Waals surface area contributed by atoms with Gasteiger partial charge in [0.15, 0.2) is 11.4 Å². The summed E-state index contributed by atoms with van der Waals surface area (Å²) in [5.41, 5.74) is -1.69. The van der Waals surface area contributed by atoms with Crippen molar-refractivity contribution in [3.05, 3.63) is 53.6 Å². The molecule has 3 saturated carbocycles. The fraction of sp³-hybridized carbons (Fsp3) is 0.548. The number of ketones is 3. The van der Waals surface area contributed by atoms with Crippen molar-refractivity contribution in [3.63, 3.8) is 0 Å². The lowest BCUT2D eigenvalue weighted by atomic mass is 9.46. The lowest BCUT2D eigenvalue weighted by molar-refractivity contribution is -0.172. The number of hydrogen-bond donors (Lipinski definition) is 0. The molecule has 3 fully saturated rings. The van der Waals surface area contributed by atoms with Crippen molar-refractivity contribution in [1.29, 1.82) is 0 Å². The number of ether oxygens (including phenoxy) is 2. The van der Waals surface area contributed by atoms with Crippen LogP contribution >= 0.6 is 0 Å². The lowest BCUT2D eigenvalue weighted by Gasteiger charge is -2.57. The van der Waals surface area contributed by atoms with E-state index in [4.69, 9.17) is 13.7 Å². The maximum Gasteiger partial charge on any atom is 0.509 e. The number of carbonyl (C=O) groups is 4. The zero-order valence-corrected chi connectivity index (χ0v) is 24.6. The minimum Gasteiger partial charge on any atom is -0.435 e. The highest BCUT2D eigenvalue weighted by Gasteiger charge is 2.70. The van der Waals surface area contributed by atoms with Crippen LogP contribution in [0.4, 0.5) is 4.79 Å². The van der Waals surface area contributed by atoms with Gasteiger partial charge in [-0.25, -0.2) is 4.79 Å². The van der Waals surface area contributed by atoms with Gasteiger partial charge in [0.25, 0.3) is 10.1 Å². The summed E-state index contributed by atoms with van der Waals surface area (Å²) in [6.45, 7) is 6.37. The minimum absolute atomic E-state index is 0.0176. The maximum atomic E-state index is 14.0. The Morgan fingerprint density at radius 3 is 2.46 bits per heavy atom. The van der Waals surface area contributed by atoms with Gasteiger partial charge in [-0.15, -0.1) is 0 Å². The monoisotopic (exact) mass is 584 g/mol. The molecule has 9 nitrogen and oxygen atoms in total. The normalized spacial score (nSPS) is 34.2. The van der Waals surface area contributed by atoms with E-state index in [1.807, 2.05) is 19.9 Å². The van der Waals surface area contributed by atoms with E-state index in [0.29, 0.717) is 19.3 Å². The first-order valence-corrected chi connectivity index (χ1v) is 15.5. The average Bonchev–Trinajstić information content (AvgIpc) is 3.20. The Morgan fingerprint density at radius 1 is 1.07 bits per heavy atom. The number of benzene rings is 1. The van der Waals surface area contributed by atoms with Gasteiger partial charge < -0.3 is 9.47 Å². The molecule has 0 aliphatic heterocycles. The smallest absolute Gasteiger partial charge is 0.435 e. The molecular weight excluding hydrogens is 548 g/mol. The molecule has 0 spiro atoms. The van der Waals surface area contributed by atoms with Crippen LogP contribution in [0.25, 0.3) is 0 Å². The molecule has 0 aromatic heterocycles. The van der Waals surface area contributed by atoms with Gasteiger partial charge >= 0.3 is 6.16 Å². The van der Waals surface area contributed by atoms with E-state index in [1.54, 1.807) is 32.1 Å². The summed E-state index contributed by atoms with van der Waals surface area (Å²) < 4.78 is 41.9. The van der Waals surface area contributed by atoms with Crippen LogP contribution < -0.4 is 0 Å². The van der Waals surface area contributed by atoms with Gasteiger partial charge in [0.2, 0.25) is 5.78 Å². The molecule has 0 N–H and O–H groups in total. The number of hydrogen-bond acceptors (Lipinski definition) is 9. The first-order chi connectivity index (χ1) is 19.3. The van der Waals surface area contributed by atoms with Crippen molar-refractivity contribution >= 4 is 33.6 Å². The fourth-order valence-electron chi connectivity index (χ4n) is 8.01. The van der Waals surface area contributed by atoms with Crippen LogP contribution in [0.2, 0.25) is 0 Å². The van der Waals surface area contributed by atoms with Crippen LogP contribution in [0.5, 0.6) is 0 Å². The van der Waals surface area contributed by atoms with Crippen molar-refractivity contribution < 1.29 is 41.3 Å². The Hall–Kier alpha value is -3.11. The Kier molecular flexibility index (Phi) is 7.39. The summed E-state index contributed by atoms with van der Waals surface area (Å²) in [4.78, 5) is 52.7. The molecule has 220 valence electrons. The van der Waals surface area contributed by atoms with E-state index < -0.39 is 45.1 Å². The molecule has 5 rings (SSSR count). The number of carbonyl (C=O) groups excluding carboxylic acids is 4. The Labute approximate surface area is 240 Å². The van der Waals surface area contributed by atoms with E-state index in [-0.39, 0.29) is 53.7 Å². The summed E-state index contributed by atoms with van der Waals surface area (Å²) in [6, 6.07) is 6.04. The molecule has 1 aromatic carbocycles. The zero-order valence-electron chi connectivity index (χ0n) is 23.8. The molecule has 0 radical (unpaired) electrons. The second-order valence-electron chi connectivity index (χ2n) is 12.1. The van der Waals surface area contributed by atoms with Crippen LogP contribution in [0.15, 0.2) is 53.0 Å². The maximum absolute atomic E-state index is 14.0. The van der Waals surface area contributed by atoms with E-state index in [1.165, 1.54) is 18.2 Å². The molecule has 0 unspecified atom stereocenters. The van der Waals surface area contributed by atoms with E-state index in [2.05, 4.69) is 0 Å². The van der Waals surface area contributed by atoms with Gasteiger partial charge in [-0.2, -0.15) is 8.42 Å². The third kappa shape index (κ3) is 4.69. The van der Waals surface area contributed by atoms with Gasteiger partial charge in [-0.1, -0.05) is 43.2 Å². The molecule has 0 amide bonds. The summed E-state index contributed by atoms with van der Waals surface area (Å²) in [5.74, 6) is -1.53. The van der Waals surface area contributed by atoms with Gasteiger partial charge in [-0.05, 0) is 75.7 Å². The standard InChI is InChI=1S/C31H36O9S/c1-5-38-28(35)40-31(26(34)18-39-41(36,37)22-9-6-19(2)7-10-22)15-13-24-23-11-8-20-16-21(32)12-14-29(20,3)27(23)25(33)17-30(24,31)4/h6-7,9-10,12,14,16,23-24,27H,5,8,11,13,15,17-18H2,1-4H3/t23-,24-,27+,29-,30-,31-/m0/s1. The number of rotatable bonds is 7. The van der Waals surface area contributed by atoms with Crippen LogP contribution in [-0.4, -0.2) is 50.7 Å². The predicted molar refractivity (Wildman–Crippen MR) is 147 cm³/mol. The Bertz CT molecular complexity index is 1460. The number of aryl methyl sites for hydroxylation is 1. The molecule has 4 aliphatic rings. The zero-order chi connectivity index (χ0) is 29.8. The first kappa shape index (κ1) is 29.4. The van der Waals surface area contributed by atoms with Crippen molar-refractivity contribution in [3.8, 4) is 0 Å². The molecule has 0 bridgehead atoms. The van der Waals surface area contributed by atoms with E-state index >= 15 is 0 Å². The number of allylic oxidation sites excluding steroid dienone is 4. The predicted octanol–water partition coefficient (Wildman–Crippen LogP) is 4.67. The van der Waals surface area contributed by atoms with Crippen LogP contribution in [-0.2, 0) is 38.2 Å². The highest BCUT2D eigenvalue weighted by atomic mass is 32.2. The third-order valence-corrected chi connectivity index (χ3v) is 11.3. The Balaban J connectivity index is 1.48. The molecule has 41 heavy (non-hydrogen) atoms. The molecule has 10 heteroatoms. The summed E-state index contributed by atoms with van der Waals surface area (Å²) in [6.07, 6.45) is 5.82. The summed E-state index contributed by atoms with van der Waals surface area (Å²) >= 11 is 0. The molecule has 0 saturated heterocycles. The highest BCUT2D eigenvalue weighted by molar-refractivity contribution is 7.86. The summed E-state index contributed by atoms with van der Waals surface area (Å²) in [5, 5.41) is 0. The highest BCUT2D eigenvalue weighted by Crippen LogP contribution is 2.67. The second-order valence-corrected chi connectivity index (χ2v) is 13.8. The molecular formula is C31H36O9S. The molecule has 4 aliphatic carbocycles. The third-order valence-electron chi connectivity index (χ3n) is 10.0. The molecule has 6 atom stereocenters. The fourth-order valence-corrected chi connectivity index (χ4v) is 8.88. The number of Topliss-reactive ketones (excluding diaryl/α,β-unsaturated/α-hetero) is 2. The van der Waals surface area contributed by atoms with Crippen molar-refractivity contribution in [2.45, 2.75) is 70.3 Å². The summed E-state index contributed by atoms with van der Waals surface area (Å²) in [7, 11) is -4.27. The van der Waals surface area contributed by atoms with E-state index in [9.17, 15) is 27.6 Å². The minimum atomic E-state index is -4.27. The van der Waals surface area contributed by atoms with Crippen molar-refractivity contribution in [1.82, 2.24) is 0 Å². The Morgan fingerprint density at radius 2 is 1.78 bits per heavy atom. The molecule has 0 heterocycles. The number of fused-ring (bicyclic) bond motifs is 5. The second kappa shape index (κ2) is 10.3. The van der Waals surface area contributed by atoms with Crippen molar-refractivity contribution in [2.24, 2.45) is 28.6 Å². The largest absolute Gasteiger partial charge is 0.509 e. The quantitative estimate of drug-likeness (QED) is 0.331. The van der Waals surface area contributed by atoms with Gasteiger partial charge in [0.05, 0.1) is 11.5 Å². The first-order valence-electron chi connectivity index (χ1n) is 14.1.